The fourth-order valence-corrected chi connectivity index (χ4v) is 3.96. The summed E-state index contributed by atoms with van der Waals surface area (Å²) in [5.41, 5.74) is 1.81. The number of ether oxygens (including phenoxy) is 2. The number of carbonyl (C=O) groups excluding carboxylic acids is 3. The minimum absolute atomic E-state index is 0.0265. The molecule has 9 heteroatoms. The number of urea groups is 1. The summed E-state index contributed by atoms with van der Waals surface area (Å²) in [5.74, 6) is 0.352. The summed E-state index contributed by atoms with van der Waals surface area (Å²) in [6, 6.07) is 13.7. The van der Waals surface area contributed by atoms with Crippen LogP contribution in [0.25, 0.3) is 0 Å². The number of rotatable bonds is 5. The van der Waals surface area contributed by atoms with Crippen LogP contribution in [0.4, 0.5) is 4.79 Å². The van der Waals surface area contributed by atoms with Crippen LogP contribution in [0, 0.1) is 0 Å². The number of fused-ring (bicyclic) bond motifs is 1. The summed E-state index contributed by atoms with van der Waals surface area (Å²) in [5, 5.41) is 3.39. The molecule has 0 spiro atoms. The Morgan fingerprint density at radius 2 is 1.87 bits per heavy atom. The molecule has 4 rings (SSSR count). The monoisotopic (exact) mass is 427 g/mol. The highest BCUT2D eigenvalue weighted by Crippen LogP contribution is 2.34. The van der Waals surface area contributed by atoms with Crippen LogP contribution < -0.4 is 20.2 Å². The second kappa shape index (κ2) is 8.27. The normalized spacial score (nSPS) is 20.5. The van der Waals surface area contributed by atoms with E-state index in [4.69, 9.17) is 9.47 Å². The van der Waals surface area contributed by atoms with Crippen molar-refractivity contribution in [2.75, 3.05) is 19.0 Å². The predicted molar refractivity (Wildman–Crippen MR) is 110 cm³/mol. The number of hydrogen-bond donors (Lipinski definition) is 2. The minimum Gasteiger partial charge on any atom is -0.490 e. The molecule has 0 radical (unpaired) electrons. The summed E-state index contributed by atoms with van der Waals surface area (Å²) in [6.07, 6.45) is 0.813. The SMILES string of the molecule is C[C@]1(c2ccccc2)NC(=O)N(NC(=O)CSc2ccc3c(c2)OCCCO3)C1=O. The summed E-state index contributed by atoms with van der Waals surface area (Å²) in [6.45, 7) is 2.80. The van der Waals surface area contributed by atoms with Gasteiger partial charge in [-0.25, -0.2) is 4.79 Å². The minimum atomic E-state index is -1.23. The van der Waals surface area contributed by atoms with E-state index in [0.29, 0.717) is 30.3 Å². The van der Waals surface area contributed by atoms with Gasteiger partial charge in [-0.15, -0.1) is 11.8 Å². The first-order valence-electron chi connectivity index (χ1n) is 9.51. The van der Waals surface area contributed by atoms with Gasteiger partial charge in [0.05, 0.1) is 19.0 Å². The maximum Gasteiger partial charge on any atom is 0.344 e. The molecule has 4 amide bonds. The van der Waals surface area contributed by atoms with E-state index in [1.165, 1.54) is 11.8 Å². The second-order valence-corrected chi connectivity index (χ2v) is 8.09. The van der Waals surface area contributed by atoms with Gasteiger partial charge in [0.25, 0.3) is 5.91 Å². The van der Waals surface area contributed by atoms with Crippen molar-refractivity contribution in [2.45, 2.75) is 23.8 Å². The molecule has 0 aliphatic carbocycles. The highest BCUT2D eigenvalue weighted by molar-refractivity contribution is 8.00. The summed E-state index contributed by atoms with van der Waals surface area (Å²) < 4.78 is 11.2. The first-order chi connectivity index (χ1) is 14.5. The molecule has 2 aliphatic rings. The van der Waals surface area contributed by atoms with Gasteiger partial charge in [-0.1, -0.05) is 30.3 Å². The Morgan fingerprint density at radius 1 is 1.13 bits per heavy atom. The largest absolute Gasteiger partial charge is 0.490 e. The summed E-state index contributed by atoms with van der Waals surface area (Å²) in [7, 11) is 0. The Bertz CT molecular complexity index is 984. The van der Waals surface area contributed by atoms with Crippen LogP contribution in [0.1, 0.15) is 18.9 Å². The van der Waals surface area contributed by atoms with E-state index in [0.717, 1.165) is 16.3 Å². The summed E-state index contributed by atoms with van der Waals surface area (Å²) >= 11 is 1.27. The van der Waals surface area contributed by atoms with Crippen molar-refractivity contribution >= 4 is 29.6 Å². The molecular weight excluding hydrogens is 406 g/mol. The van der Waals surface area contributed by atoms with Gasteiger partial charge in [0.15, 0.2) is 11.5 Å². The molecule has 0 aromatic heterocycles. The van der Waals surface area contributed by atoms with Crippen molar-refractivity contribution in [3.05, 3.63) is 54.1 Å². The Labute approximate surface area is 177 Å². The first-order valence-corrected chi connectivity index (χ1v) is 10.5. The average molecular weight is 427 g/mol. The lowest BCUT2D eigenvalue weighted by atomic mass is 9.92. The van der Waals surface area contributed by atoms with Crippen molar-refractivity contribution < 1.29 is 23.9 Å². The van der Waals surface area contributed by atoms with Crippen LogP contribution in [0.15, 0.2) is 53.4 Å². The van der Waals surface area contributed by atoms with E-state index >= 15 is 0 Å². The molecule has 1 atom stereocenters. The number of thioether (sulfide) groups is 1. The Morgan fingerprint density at radius 3 is 2.63 bits per heavy atom. The number of hydrogen-bond acceptors (Lipinski definition) is 6. The third-order valence-electron chi connectivity index (χ3n) is 4.87. The van der Waals surface area contributed by atoms with Gasteiger partial charge in [0.1, 0.15) is 5.54 Å². The quantitative estimate of drug-likeness (QED) is 0.562. The van der Waals surface area contributed by atoms with E-state index in [9.17, 15) is 14.4 Å². The van der Waals surface area contributed by atoms with Crippen molar-refractivity contribution in [1.82, 2.24) is 15.8 Å². The molecule has 156 valence electrons. The highest BCUT2D eigenvalue weighted by Gasteiger charge is 2.49. The maximum absolute atomic E-state index is 12.8. The van der Waals surface area contributed by atoms with Crippen molar-refractivity contribution in [2.24, 2.45) is 0 Å². The molecule has 0 unspecified atom stereocenters. The van der Waals surface area contributed by atoms with Crippen LogP contribution in [-0.2, 0) is 15.1 Å². The van der Waals surface area contributed by atoms with Crippen LogP contribution in [-0.4, -0.2) is 41.8 Å². The number of hydrazine groups is 1. The number of imide groups is 1. The standard InChI is InChI=1S/C21H21N3O5S/c1-21(14-6-3-2-4-7-14)19(26)24(20(27)22-21)23-18(25)13-30-15-8-9-16-17(12-15)29-11-5-10-28-16/h2-4,6-9,12H,5,10-11,13H2,1H3,(H,22,27)(H,23,25)/t21-/m1/s1. The molecule has 2 aromatic rings. The fourth-order valence-electron chi connectivity index (χ4n) is 3.25. The van der Waals surface area contributed by atoms with E-state index in [-0.39, 0.29) is 5.75 Å². The molecule has 8 nitrogen and oxygen atoms in total. The van der Waals surface area contributed by atoms with Crippen LogP contribution in [0.5, 0.6) is 11.5 Å². The van der Waals surface area contributed by atoms with E-state index in [2.05, 4.69) is 10.7 Å². The van der Waals surface area contributed by atoms with Gasteiger partial charge in [-0.05, 0) is 30.7 Å². The van der Waals surface area contributed by atoms with E-state index < -0.39 is 23.4 Å². The van der Waals surface area contributed by atoms with Crippen molar-refractivity contribution in [3.8, 4) is 11.5 Å². The lowest BCUT2D eigenvalue weighted by Gasteiger charge is -2.22. The smallest absolute Gasteiger partial charge is 0.344 e. The number of carbonyl (C=O) groups is 3. The van der Waals surface area contributed by atoms with Gasteiger partial charge in [-0.3, -0.25) is 15.0 Å². The predicted octanol–water partition coefficient (Wildman–Crippen LogP) is 2.44. The van der Waals surface area contributed by atoms with E-state index in [1.54, 1.807) is 31.2 Å². The molecule has 0 saturated carbocycles. The van der Waals surface area contributed by atoms with Gasteiger partial charge < -0.3 is 14.8 Å². The van der Waals surface area contributed by atoms with Crippen LogP contribution in [0.2, 0.25) is 0 Å². The zero-order valence-electron chi connectivity index (χ0n) is 16.3. The van der Waals surface area contributed by atoms with E-state index in [1.807, 2.05) is 24.3 Å². The molecule has 1 fully saturated rings. The van der Waals surface area contributed by atoms with Gasteiger partial charge in [-0.2, -0.15) is 5.01 Å². The van der Waals surface area contributed by atoms with Gasteiger partial charge >= 0.3 is 6.03 Å². The highest BCUT2D eigenvalue weighted by atomic mass is 32.2. The Kier molecular flexibility index (Phi) is 5.54. The third-order valence-corrected chi connectivity index (χ3v) is 5.86. The lowest BCUT2D eigenvalue weighted by Crippen LogP contribution is -2.48. The van der Waals surface area contributed by atoms with Gasteiger partial charge in [0, 0.05) is 11.3 Å². The maximum atomic E-state index is 12.8. The van der Waals surface area contributed by atoms with Gasteiger partial charge in [0.2, 0.25) is 5.91 Å². The fraction of sp³-hybridized carbons (Fsp3) is 0.286. The topological polar surface area (TPSA) is 97.0 Å². The average Bonchev–Trinajstić information content (AvgIpc) is 2.92. The Balaban J connectivity index is 1.38. The zero-order chi connectivity index (χ0) is 21.1. The lowest BCUT2D eigenvalue weighted by molar-refractivity contribution is -0.138. The first kappa shape index (κ1) is 20.1. The molecule has 1 saturated heterocycles. The second-order valence-electron chi connectivity index (χ2n) is 7.04. The summed E-state index contributed by atoms with van der Waals surface area (Å²) in [4.78, 5) is 38.4. The van der Waals surface area contributed by atoms with Crippen molar-refractivity contribution in [1.29, 1.82) is 0 Å². The van der Waals surface area contributed by atoms with Crippen molar-refractivity contribution in [3.63, 3.8) is 0 Å². The number of nitrogens with one attached hydrogen (secondary N) is 2. The number of amides is 4. The third kappa shape index (κ3) is 3.93. The molecular formula is C21H21N3O5S. The molecule has 2 heterocycles. The molecule has 30 heavy (non-hydrogen) atoms. The molecule has 2 aromatic carbocycles. The van der Waals surface area contributed by atoms with Crippen LogP contribution in [0.3, 0.4) is 0 Å². The zero-order valence-corrected chi connectivity index (χ0v) is 17.2. The Hall–Kier alpha value is -3.20. The number of nitrogens with zero attached hydrogens (tertiary/aromatic N) is 1. The molecule has 0 bridgehead atoms. The number of benzene rings is 2. The molecule has 2 N–H and O–H groups in total. The molecule has 2 aliphatic heterocycles. The van der Waals surface area contributed by atoms with Crippen LogP contribution >= 0.6 is 11.8 Å².